The van der Waals surface area contributed by atoms with Crippen LogP contribution in [-0.2, 0) is 0 Å². The summed E-state index contributed by atoms with van der Waals surface area (Å²) in [4.78, 5) is 0. The van der Waals surface area contributed by atoms with Crippen molar-refractivity contribution in [3.8, 4) is 0 Å². The molecule has 110 valence electrons. The zero-order chi connectivity index (χ0) is 14.3. The SMILES string of the molecule is CCCC1=C(CC)C(C)CC=C(C)CC(C)CCC1. The van der Waals surface area contributed by atoms with E-state index in [1.807, 2.05) is 0 Å². The second-order valence-electron chi connectivity index (χ2n) is 6.62. The summed E-state index contributed by atoms with van der Waals surface area (Å²) in [6, 6.07) is 0. The third-order valence-electron chi connectivity index (χ3n) is 4.65. The molecule has 19 heavy (non-hydrogen) atoms. The largest absolute Gasteiger partial charge is 0.0850 e. The lowest BCUT2D eigenvalue weighted by atomic mass is 9.87. The quantitative estimate of drug-likeness (QED) is 0.498. The van der Waals surface area contributed by atoms with E-state index in [1.165, 1.54) is 51.4 Å². The first-order valence-electron chi connectivity index (χ1n) is 8.44. The number of allylic oxidation sites excluding steroid dienone is 4. The van der Waals surface area contributed by atoms with Gasteiger partial charge in [-0.2, -0.15) is 0 Å². The lowest BCUT2D eigenvalue weighted by Crippen LogP contribution is -2.03. The molecule has 0 nitrogen and oxygen atoms in total. The lowest BCUT2D eigenvalue weighted by Gasteiger charge is -2.19. The summed E-state index contributed by atoms with van der Waals surface area (Å²) in [5.41, 5.74) is 5.16. The van der Waals surface area contributed by atoms with Crippen molar-refractivity contribution in [2.45, 2.75) is 86.0 Å². The molecule has 0 aromatic carbocycles. The zero-order valence-corrected chi connectivity index (χ0v) is 13.9. The Morgan fingerprint density at radius 1 is 1.21 bits per heavy atom. The fourth-order valence-electron chi connectivity index (χ4n) is 3.61. The summed E-state index contributed by atoms with van der Waals surface area (Å²) in [7, 11) is 0. The van der Waals surface area contributed by atoms with Crippen molar-refractivity contribution in [3.05, 3.63) is 22.8 Å². The van der Waals surface area contributed by atoms with Gasteiger partial charge in [0.1, 0.15) is 0 Å². The van der Waals surface area contributed by atoms with Gasteiger partial charge in [0.15, 0.2) is 0 Å². The zero-order valence-electron chi connectivity index (χ0n) is 13.9. The van der Waals surface area contributed by atoms with Gasteiger partial charge in [-0.15, -0.1) is 0 Å². The van der Waals surface area contributed by atoms with E-state index in [2.05, 4.69) is 40.7 Å². The highest BCUT2D eigenvalue weighted by molar-refractivity contribution is 5.18. The van der Waals surface area contributed by atoms with Crippen LogP contribution >= 0.6 is 0 Å². The molecule has 0 radical (unpaired) electrons. The average Bonchev–Trinajstić information content (AvgIpc) is 2.38. The van der Waals surface area contributed by atoms with Gasteiger partial charge >= 0.3 is 0 Å². The molecule has 1 rings (SSSR count). The molecule has 1 aliphatic rings. The van der Waals surface area contributed by atoms with Gasteiger partial charge in [-0.05, 0) is 57.3 Å². The van der Waals surface area contributed by atoms with Crippen LogP contribution in [0.3, 0.4) is 0 Å². The summed E-state index contributed by atoms with van der Waals surface area (Å²) >= 11 is 0. The van der Waals surface area contributed by atoms with E-state index in [9.17, 15) is 0 Å². The number of hydrogen-bond acceptors (Lipinski definition) is 0. The van der Waals surface area contributed by atoms with Gasteiger partial charge in [0.05, 0.1) is 0 Å². The smallest absolute Gasteiger partial charge is 0.0194 e. The number of rotatable bonds is 3. The molecule has 0 saturated heterocycles. The Labute approximate surface area is 121 Å². The highest BCUT2D eigenvalue weighted by atomic mass is 14.2. The van der Waals surface area contributed by atoms with Crippen molar-refractivity contribution in [1.82, 2.24) is 0 Å². The van der Waals surface area contributed by atoms with Gasteiger partial charge in [0.25, 0.3) is 0 Å². The van der Waals surface area contributed by atoms with E-state index in [0.29, 0.717) is 0 Å². The van der Waals surface area contributed by atoms with Crippen LogP contribution in [0.15, 0.2) is 22.8 Å². The Kier molecular flexibility index (Phi) is 7.49. The fraction of sp³-hybridized carbons (Fsp3) is 0.789. The molecule has 0 saturated carbocycles. The van der Waals surface area contributed by atoms with Crippen molar-refractivity contribution in [1.29, 1.82) is 0 Å². The Morgan fingerprint density at radius 2 is 1.95 bits per heavy atom. The second-order valence-corrected chi connectivity index (χ2v) is 6.62. The van der Waals surface area contributed by atoms with Crippen LogP contribution in [0.5, 0.6) is 0 Å². The fourth-order valence-corrected chi connectivity index (χ4v) is 3.61. The minimum atomic E-state index is 0.745. The molecule has 0 N–H and O–H groups in total. The van der Waals surface area contributed by atoms with Crippen molar-refractivity contribution in [2.24, 2.45) is 11.8 Å². The molecular weight excluding hydrogens is 228 g/mol. The van der Waals surface area contributed by atoms with Gasteiger partial charge in [0, 0.05) is 0 Å². The van der Waals surface area contributed by atoms with E-state index in [4.69, 9.17) is 0 Å². The molecule has 0 heteroatoms. The Hall–Kier alpha value is -0.520. The van der Waals surface area contributed by atoms with Gasteiger partial charge in [-0.3, -0.25) is 0 Å². The molecule has 1 aliphatic carbocycles. The summed E-state index contributed by atoms with van der Waals surface area (Å²) in [5.74, 6) is 1.60. The maximum Gasteiger partial charge on any atom is -0.0194 e. The first-order valence-corrected chi connectivity index (χ1v) is 8.44. The van der Waals surface area contributed by atoms with E-state index >= 15 is 0 Å². The molecule has 0 aliphatic heterocycles. The van der Waals surface area contributed by atoms with Crippen LogP contribution in [0.25, 0.3) is 0 Å². The summed E-state index contributed by atoms with van der Waals surface area (Å²) in [5, 5.41) is 0. The topological polar surface area (TPSA) is 0 Å². The predicted octanol–water partition coefficient (Wildman–Crippen LogP) is 6.68. The van der Waals surface area contributed by atoms with E-state index in [1.54, 1.807) is 16.7 Å². The van der Waals surface area contributed by atoms with Crippen LogP contribution < -0.4 is 0 Å². The minimum Gasteiger partial charge on any atom is -0.0850 e. The van der Waals surface area contributed by atoms with Crippen molar-refractivity contribution in [3.63, 3.8) is 0 Å². The Balaban J connectivity index is 2.94. The predicted molar refractivity (Wildman–Crippen MR) is 87.4 cm³/mol. The highest BCUT2D eigenvalue weighted by Gasteiger charge is 2.14. The molecule has 0 spiro atoms. The molecule has 2 unspecified atom stereocenters. The molecule has 0 heterocycles. The summed E-state index contributed by atoms with van der Waals surface area (Å²) in [6.45, 7) is 11.8. The monoisotopic (exact) mass is 262 g/mol. The average molecular weight is 262 g/mol. The van der Waals surface area contributed by atoms with Crippen molar-refractivity contribution >= 4 is 0 Å². The standard InChI is InChI=1S/C19H34/c1-6-9-18-11-8-10-15(3)14-16(4)12-13-17(5)19(18)7-2/h12,15,17H,6-11,13-14H2,1-5H3. The third kappa shape index (κ3) is 5.55. The first kappa shape index (κ1) is 16.5. The highest BCUT2D eigenvalue weighted by Crippen LogP contribution is 2.31. The Morgan fingerprint density at radius 3 is 2.58 bits per heavy atom. The van der Waals surface area contributed by atoms with E-state index in [-0.39, 0.29) is 0 Å². The van der Waals surface area contributed by atoms with Gasteiger partial charge < -0.3 is 0 Å². The van der Waals surface area contributed by atoms with E-state index in [0.717, 1.165) is 11.8 Å². The maximum atomic E-state index is 2.51. The Bertz CT molecular complexity index is 319. The second kappa shape index (κ2) is 8.61. The van der Waals surface area contributed by atoms with Crippen LogP contribution in [0.4, 0.5) is 0 Å². The van der Waals surface area contributed by atoms with Gasteiger partial charge in [0.2, 0.25) is 0 Å². The normalized spacial score (nSPS) is 26.9. The molecule has 2 atom stereocenters. The van der Waals surface area contributed by atoms with Crippen LogP contribution in [0.2, 0.25) is 0 Å². The first-order chi connectivity index (χ1) is 9.08. The summed E-state index contributed by atoms with van der Waals surface area (Å²) < 4.78 is 0. The minimum absolute atomic E-state index is 0.745. The van der Waals surface area contributed by atoms with Crippen LogP contribution in [0.1, 0.15) is 86.0 Å². The van der Waals surface area contributed by atoms with Crippen LogP contribution in [-0.4, -0.2) is 0 Å². The lowest BCUT2D eigenvalue weighted by molar-refractivity contribution is 0.502. The van der Waals surface area contributed by atoms with E-state index < -0.39 is 0 Å². The molecule has 0 fully saturated rings. The molecular formula is C19H34. The molecule has 0 aromatic rings. The third-order valence-corrected chi connectivity index (χ3v) is 4.65. The van der Waals surface area contributed by atoms with Gasteiger partial charge in [-0.1, -0.05) is 63.3 Å². The molecule has 0 aromatic heterocycles. The maximum absolute atomic E-state index is 2.51. The van der Waals surface area contributed by atoms with Gasteiger partial charge in [-0.25, -0.2) is 0 Å². The number of hydrogen-bond donors (Lipinski definition) is 0. The van der Waals surface area contributed by atoms with Crippen LogP contribution in [0, 0.1) is 11.8 Å². The van der Waals surface area contributed by atoms with Crippen molar-refractivity contribution < 1.29 is 0 Å². The van der Waals surface area contributed by atoms with Crippen molar-refractivity contribution in [2.75, 3.05) is 0 Å². The molecule has 0 amide bonds. The summed E-state index contributed by atoms with van der Waals surface area (Å²) in [6.07, 6.45) is 13.1. The molecule has 0 bridgehead atoms.